The maximum atomic E-state index is 15.2. The van der Waals surface area contributed by atoms with Crippen molar-refractivity contribution >= 4 is 50.6 Å². The zero-order valence-corrected chi connectivity index (χ0v) is 23.1. The second kappa shape index (κ2) is 9.49. The number of benzene rings is 2. The molecule has 2 N–H and O–H groups in total. The molecule has 3 aliphatic rings. The average molecular weight is 550 g/mol. The van der Waals surface area contributed by atoms with E-state index in [0.717, 1.165) is 50.1 Å². The minimum absolute atomic E-state index is 0.278. The number of nitrogens with zero attached hydrogens (tertiary/aromatic N) is 5. The van der Waals surface area contributed by atoms with Crippen molar-refractivity contribution in [2.24, 2.45) is 5.41 Å². The standard InChI is InChI=1S/C28H32FN7O2S/c1-34-14-13-28(16-34)17-36(18-28)24-12-11-19(15-21(24)29)30-27-32-22-9-6-7-20(22)26(33-27)31-23-8-4-5-10-25(23)35(2)39(3,37)38/h4-8,10-12,15H,9,13-14,16-18H2,1-3H3,(H2,30,31,32,33). The lowest BCUT2D eigenvalue weighted by molar-refractivity contribution is 0.216. The Morgan fingerprint density at radius 1 is 1.08 bits per heavy atom. The molecule has 2 aromatic carbocycles. The van der Waals surface area contributed by atoms with Crippen molar-refractivity contribution in [3.63, 3.8) is 0 Å². The van der Waals surface area contributed by atoms with E-state index >= 15 is 4.39 Å². The molecule has 9 nitrogen and oxygen atoms in total. The van der Waals surface area contributed by atoms with Crippen LogP contribution in [0.3, 0.4) is 0 Å². The van der Waals surface area contributed by atoms with Gasteiger partial charge in [0.1, 0.15) is 11.6 Å². The molecule has 6 rings (SSSR count). The smallest absolute Gasteiger partial charge is 0.232 e. The Morgan fingerprint density at radius 2 is 1.87 bits per heavy atom. The molecule has 0 radical (unpaired) electrons. The molecule has 2 saturated heterocycles. The first-order chi connectivity index (χ1) is 18.6. The van der Waals surface area contributed by atoms with Gasteiger partial charge in [-0.25, -0.2) is 17.8 Å². The van der Waals surface area contributed by atoms with Crippen LogP contribution < -0.4 is 19.8 Å². The number of allylic oxidation sites excluding steroid dienone is 1. The number of para-hydroxylation sites is 2. The number of rotatable bonds is 7. The van der Waals surface area contributed by atoms with Crippen molar-refractivity contribution in [1.29, 1.82) is 0 Å². The molecule has 204 valence electrons. The monoisotopic (exact) mass is 549 g/mol. The van der Waals surface area contributed by atoms with E-state index in [1.54, 1.807) is 18.2 Å². The summed E-state index contributed by atoms with van der Waals surface area (Å²) >= 11 is 0. The van der Waals surface area contributed by atoms with Crippen molar-refractivity contribution in [3.05, 3.63) is 65.6 Å². The molecule has 2 aliphatic heterocycles. The topological polar surface area (TPSA) is 93.7 Å². The predicted octanol–water partition coefficient (Wildman–Crippen LogP) is 4.21. The van der Waals surface area contributed by atoms with Gasteiger partial charge >= 0.3 is 0 Å². The van der Waals surface area contributed by atoms with Gasteiger partial charge in [0.15, 0.2) is 0 Å². The first-order valence-corrected chi connectivity index (χ1v) is 14.8. The van der Waals surface area contributed by atoms with Gasteiger partial charge in [0.05, 0.1) is 29.0 Å². The van der Waals surface area contributed by atoms with E-state index in [1.807, 2.05) is 30.4 Å². The summed E-state index contributed by atoms with van der Waals surface area (Å²) in [6, 6.07) is 12.3. The van der Waals surface area contributed by atoms with Crippen molar-refractivity contribution < 1.29 is 12.8 Å². The van der Waals surface area contributed by atoms with Gasteiger partial charge in [-0.05, 0) is 50.3 Å². The number of hydrogen-bond donors (Lipinski definition) is 2. The van der Waals surface area contributed by atoms with Crippen molar-refractivity contribution in [2.45, 2.75) is 12.8 Å². The number of sulfonamides is 1. The van der Waals surface area contributed by atoms with Crippen molar-refractivity contribution in [3.8, 4) is 0 Å². The summed E-state index contributed by atoms with van der Waals surface area (Å²) in [4.78, 5) is 13.8. The number of halogens is 1. The van der Waals surface area contributed by atoms with Gasteiger partial charge < -0.3 is 20.4 Å². The third-order valence-electron chi connectivity index (χ3n) is 7.84. The summed E-state index contributed by atoms with van der Waals surface area (Å²) in [5.74, 6) is 0.591. The highest BCUT2D eigenvalue weighted by Gasteiger charge is 2.47. The molecule has 0 atom stereocenters. The van der Waals surface area contributed by atoms with Gasteiger partial charge in [-0.3, -0.25) is 4.31 Å². The van der Waals surface area contributed by atoms with Gasteiger partial charge in [0.2, 0.25) is 16.0 Å². The molecular formula is C28H32FN7O2S. The van der Waals surface area contributed by atoms with Crippen LogP contribution in [-0.2, 0) is 16.4 Å². The number of likely N-dealkylation sites (tertiary alicyclic amines) is 1. The van der Waals surface area contributed by atoms with Gasteiger partial charge in [-0.1, -0.05) is 24.3 Å². The van der Waals surface area contributed by atoms with Crippen molar-refractivity contribution in [2.75, 3.05) is 66.4 Å². The molecule has 2 fully saturated rings. The number of nitrogens with one attached hydrogen (secondary N) is 2. The Labute approximate surface area is 228 Å². The largest absolute Gasteiger partial charge is 0.368 e. The molecule has 1 spiro atoms. The molecule has 39 heavy (non-hydrogen) atoms. The van der Waals surface area contributed by atoms with Crippen LogP contribution in [0.1, 0.15) is 17.7 Å². The van der Waals surface area contributed by atoms with E-state index in [0.29, 0.717) is 46.4 Å². The average Bonchev–Trinajstić information content (AvgIpc) is 3.50. The quantitative estimate of drug-likeness (QED) is 0.453. The SMILES string of the molecule is CN1CCC2(C1)CN(c1ccc(Nc3nc4c(c(Nc5ccccc5N(C)S(C)(=O)=O)n3)C=CC4)cc1F)C2. The maximum Gasteiger partial charge on any atom is 0.232 e. The summed E-state index contributed by atoms with van der Waals surface area (Å²) in [6.07, 6.45) is 6.91. The first kappa shape index (κ1) is 25.6. The predicted molar refractivity (Wildman–Crippen MR) is 154 cm³/mol. The molecule has 0 amide bonds. The number of aromatic nitrogens is 2. The van der Waals surface area contributed by atoms with E-state index < -0.39 is 10.0 Å². The fourth-order valence-corrected chi connectivity index (χ4v) is 6.28. The van der Waals surface area contributed by atoms with Crippen LogP contribution in [0.4, 0.5) is 38.9 Å². The first-order valence-electron chi connectivity index (χ1n) is 13.0. The highest BCUT2D eigenvalue weighted by Crippen LogP contribution is 2.42. The molecule has 11 heteroatoms. The van der Waals surface area contributed by atoms with Crippen LogP contribution in [0.25, 0.3) is 6.08 Å². The van der Waals surface area contributed by atoms with Crippen LogP contribution in [-0.4, -0.2) is 69.8 Å². The Hall–Kier alpha value is -3.70. The Kier molecular flexibility index (Phi) is 6.22. The summed E-state index contributed by atoms with van der Waals surface area (Å²) < 4.78 is 40.8. The van der Waals surface area contributed by atoms with E-state index in [9.17, 15) is 8.42 Å². The van der Waals surface area contributed by atoms with Gasteiger partial charge in [0.25, 0.3) is 0 Å². The summed E-state index contributed by atoms with van der Waals surface area (Å²) in [5, 5.41) is 6.45. The number of anilines is 6. The Bertz CT molecular complexity index is 1570. The molecule has 3 aromatic rings. The van der Waals surface area contributed by atoms with Crippen LogP contribution in [0.5, 0.6) is 0 Å². The molecule has 0 saturated carbocycles. The second-order valence-electron chi connectivity index (χ2n) is 10.9. The minimum Gasteiger partial charge on any atom is -0.368 e. The molecular weight excluding hydrogens is 517 g/mol. The Morgan fingerprint density at radius 3 is 2.59 bits per heavy atom. The van der Waals surface area contributed by atoms with Crippen LogP contribution in [0, 0.1) is 11.2 Å². The molecule has 1 aromatic heterocycles. The lowest BCUT2D eigenvalue weighted by Crippen LogP contribution is -2.57. The minimum atomic E-state index is -3.46. The highest BCUT2D eigenvalue weighted by atomic mass is 32.2. The van der Waals surface area contributed by atoms with Gasteiger partial charge in [-0.15, -0.1) is 0 Å². The normalized spacial score (nSPS) is 17.8. The highest BCUT2D eigenvalue weighted by molar-refractivity contribution is 7.92. The van der Waals surface area contributed by atoms with Crippen LogP contribution in [0.15, 0.2) is 48.5 Å². The van der Waals surface area contributed by atoms with Crippen LogP contribution >= 0.6 is 0 Å². The van der Waals surface area contributed by atoms with E-state index in [4.69, 9.17) is 0 Å². The van der Waals surface area contributed by atoms with Crippen molar-refractivity contribution in [1.82, 2.24) is 14.9 Å². The fraction of sp³-hybridized carbons (Fsp3) is 0.357. The maximum absolute atomic E-state index is 15.2. The van der Waals surface area contributed by atoms with E-state index in [2.05, 4.69) is 37.4 Å². The summed E-state index contributed by atoms with van der Waals surface area (Å²) in [6.45, 7) is 3.94. The zero-order valence-electron chi connectivity index (χ0n) is 22.3. The van der Waals surface area contributed by atoms with E-state index in [-0.39, 0.29) is 5.82 Å². The molecule has 3 heterocycles. The Balaban J connectivity index is 1.23. The fourth-order valence-electron chi connectivity index (χ4n) is 5.77. The van der Waals surface area contributed by atoms with Crippen LogP contribution in [0.2, 0.25) is 0 Å². The molecule has 0 unspecified atom stereocenters. The van der Waals surface area contributed by atoms with Gasteiger partial charge in [-0.2, -0.15) is 4.98 Å². The molecule has 0 bridgehead atoms. The third-order valence-corrected chi connectivity index (χ3v) is 9.03. The number of hydrogen-bond acceptors (Lipinski definition) is 8. The second-order valence-corrected chi connectivity index (χ2v) is 12.9. The lowest BCUT2D eigenvalue weighted by Gasteiger charge is -2.49. The third kappa shape index (κ3) is 4.92. The number of fused-ring (bicyclic) bond motifs is 1. The zero-order chi connectivity index (χ0) is 27.4. The lowest BCUT2D eigenvalue weighted by atomic mass is 9.78. The molecule has 1 aliphatic carbocycles. The van der Waals surface area contributed by atoms with E-state index in [1.165, 1.54) is 17.4 Å². The summed E-state index contributed by atoms with van der Waals surface area (Å²) in [7, 11) is 0.195. The van der Waals surface area contributed by atoms with Gasteiger partial charge in [0, 0.05) is 49.8 Å². The summed E-state index contributed by atoms with van der Waals surface area (Å²) in [5.41, 5.74) is 4.22.